The third-order valence-electron chi connectivity index (χ3n) is 4.54. The highest BCUT2D eigenvalue weighted by Crippen LogP contribution is 2.37. The molecule has 0 aliphatic carbocycles. The van der Waals surface area contributed by atoms with Crippen molar-refractivity contribution in [3.63, 3.8) is 0 Å². The molecular weight excluding hydrogens is 459 g/mol. The van der Waals surface area contributed by atoms with Gasteiger partial charge < -0.3 is 24.3 Å². The molecule has 34 heavy (non-hydrogen) atoms. The average molecular weight is 481 g/mol. The number of aromatic carboxylic acids is 1. The van der Waals surface area contributed by atoms with Crippen molar-refractivity contribution in [2.75, 3.05) is 7.11 Å². The van der Waals surface area contributed by atoms with Crippen LogP contribution >= 0.6 is 0 Å². The number of hydrogen-bond donors (Lipinski definition) is 2. The largest absolute Gasteiger partial charge is 0.494 e. The maximum absolute atomic E-state index is 13.2. The molecule has 1 amide bonds. The van der Waals surface area contributed by atoms with Gasteiger partial charge in [-0.1, -0.05) is 0 Å². The number of halogens is 3. The number of pyridine rings is 1. The minimum absolute atomic E-state index is 0.0787. The smallest absolute Gasteiger partial charge is 0.433 e. The number of oxazole rings is 1. The lowest BCUT2D eigenvalue weighted by atomic mass is 10.1. The molecule has 0 radical (unpaired) electrons. The Morgan fingerprint density at radius 3 is 2.35 bits per heavy atom. The van der Waals surface area contributed by atoms with E-state index in [0.29, 0.717) is 0 Å². The van der Waals surface area contributed by atoms with Crippen molar-refractivity contribution in [1.82, 2.24) is 15.3 Å². The number of alkyl carbamates (subject to hydrolysis) is 1. The molecular formula is C22H22F3N3O6. The van der Waals surface area contributed by atoms with Gasteiger partial charge >= 0.3 is 18.2 Å². The molecule has 12 heteroatoms. The van der Waals surface area contributed by atoms with E-state index in [0.717, 1.165) is 6.07 Å². The van der Waals surface area contributed by atoms with Crippen molar-refractivity contribution in [3.8, 4) is 17.2 Å². The summed E-state index contributed by atoms with van der Waals surface area (Å²) in [5.74, 6) is -1.69. The lowest BCUT2D eigenvalue weighted by Gasteiger charge is -2.21. The van der Waals surface area contributed by atoms with E-state index in [9.17, 15) is 27.9 Å². The topological polar surface area (TPSA) is 124 Å². The zero-order valence-corrected chi connectivity index (χ0v) is 18.9. The lowest BCUT2D eigenvalue weighted by molar-refractivity contribution is -0.140. The maximum atomic E-state index is 13.2. The Balaban J connectivity index is 2.09. The molecule has 2 heterocycles. The highest BCUT2D eigenvalue weighted by atomic mass is 19.4. The van der Waals surface area contributed by atoms with Crippen LogP contribution in [-0.4, -0.2) is 39.8 Å². The molecule has 0 aliphatic rings. The fraction of sp³-hybridized carbons (Fsp3) is 0.364. The summed E-state index contributed by atoms with van der Waals surface area (Å²) in [4.78, 5) is 31.6. The van der Waals surface area contributed by atoms with Gasteiger partial charge in [0.05, 0.1) is 13.2 Å². The van der Waals surface area contributed by atoms with Crippen molar-refractivity contribution in [3.05, 3.63) is 41.4 Å². The number of nitrogens with zero attached hydrogens (tertiary/aromatic N) is 2. The molecule has 0 saturated carbocycles. The highest BCUT2D eigenvalue weighted by molar-refractivity contribution is 5.97. The summed E-state index contributed by atoms with van der Waals surface area (Å²) in [5, 5.41) is 12.3. The maximum Gasteiger partial charge on any atom is 0.433 e. The molecule has 0 aliphatic heterocycles. The SMILES string of the molecule is COc1ccc(-c2nc(C(=O)O)c([C@H](C)NC(=O)OC(C)(C)C)o2)c2ccc(C(F)(F)F)nc12. The van der Waals surface area contributed by atoms with Gasteiger partial charge in [0, 0.05) is 10.9 Å². The van der Waals surface area contributed by atoms with Crippen molar-refractivity contribution in [2.24, 2.45) is 0 Å². The minimum Gasteiger partial charge on any atom is -0.494 e. The van der Waals surface area contributed by atoms with Crippen LogP contribution < -0.4 is 10.1 Å². The third kappa shape index (κ3) is 5.21. The summed E-state index contributed by atoms with van der Waals surface area (Å²) >= 11 is 0. The number of amides is 1. The molecule has 182 valence electrons. The summed E-state index contributed by atoms with van der Waals surface area (Å²) < 4.78 is 55.5. The molecule has 0 bridgehead atoms. The number of carboxylic acid groups (broad SMARTS) is 1. The number of carboxylic acids is 1. The van der Waals surface area contributed by atoms with E-state index < -0.39 is 41.3 Å². The molecule has 2 aromatic heterocycles. The fourth-order valence-electron chi connectivity index (χ4n) is 3.14. The normalized spacial score (nSPS) is 12.9. The van der Waals surface area contributed by atoms with Gasteiger partial charge in [-0.05, 0) is 52.0 Å². The lowest BCUT2D eigenvalue weighted by Crippen LogP contribution is -2.34. The van der Waals surface area contributed by atoms with Crippen LogP contribution in [0, 0.1) is 0 Å². The Labute approximate surface area is 191 Å². The average Bonchev–Trinajstić information content (AvgIpc) is 3.16. The Bertz CT molecular complexity index is 1250. The van der Waals surface area contributed by atoms with Crippen LogP contribution in [0.2, 0.25) is 0 Å². The van der Waals surface area contributed by atoms with E-state index in [-0.39, 0.29) is 33.9 Å². The van der Waals surface area contributed by atoms with Gasteiger partial charge in [-0.3, -0.25) is 0 Å². The predicted molar refractivity (Wildman–Crippen MR) is 114 cm³/mol. The van der Waals surface area contributed by atoms with Gasteiger partial charge in [-0.2, -0.15) is 13.2 Å². The summed E-state index contributed by atoms with van der Waals surface area (Å²) in [6.45, 7) is 6.47. The Kier molecular flexibility index (Phi) is 6.45. The number of aromatic nitrogens is 2. The zero-order valence-electron chi connectivity index (χ0n) is 18.9. The van der Waals surface area contributed by atoms with Gasteiger partial charge in [-0.25, -0.2) is 19.6 Å². The van der Waals surface area contributed by atoms with E-state index in [1.165, 1.54) is 32.2 Å². The number of rotatable bonds is 5. The summed E-state index contributed by atoms with van der Waals surface area (Å²) in [7, 11) is 1.28. The van der Waals surface area contributed by atoms with Crippen molar-refractivity contribution >= 4 is 23.0 Å². The fourth-order valence-corrected chi connectivity index (χ4v) is 3.14. The first kappa shape index (κ1) is 24.8. The van der Waals surface area contributed by atoms with Crippen LogP contribution in [0.3, 0.4) is 0 Å². The zero-order chi connectivity index (χ0) is 25.4. The van der Waals surface area contributed by atoms with Gasteiger partial charge in [0.1, 0.15) is 22.6 Å². The number of carbonyl (C=O) groups is 2. The van der Waals surface area contributed by atoms with Gasteiger partial charge in [0.25, 0.3) is 0 Å². The first-order valence-electron chi connectivity index (χ1n) is 10.00. The van der Waals surface area contributed by atoms with Crippen molar-refractivity contribution in [1.29, 1.82) is 0 Å². The van der Waals surface area contributed by atoms with E-state index in [1.807, 2.05) is 0 Å². The number of benzene rings is 1. The summed E-state index contributed by atoms with van der Waals surface area (Å²) in [5.41, 5.74) is -2.29. The van der Waals surface area contributed by atoms with Crippen molar-refractivity contribution < 1.29 is 41.8 Å². The van der Waals surface area contributed by atoms with Crippen molar-refractivity contribution in [2.45, 2.75) is 45.5 Å². The van der Waals surface area contributed by atoms with E-state index >= 15 is 0 Å². The monoisotopic (exact) mass is 481 g/mol. The van der Waals surface area contributed by atoms with Crippen LogP contribution in [0.1, 0.15) is 55.7 Å². The van der Waals surface area contributed by atoms with Crippen LogP contribution in [0.25, 0.3) is 22.4 Å². The van der Waals surface area contributed by atoms with Gasteiger partial charge in [-0.15, -0.1) is 0 Å². The minimum atomic E-state index is -4.68. The number of methoxy groups -OCH3 is 1. The predicted octanol–water partition coefficient (Wildman–Crippen LogP) is 5.20. The van der Waals surface area contributed by atoms with E-state index in [1.54, 1.807) is 20.8 Å². The quantitative estimate of drug-likeness (QED) is 0.510. The second kappa shape index (κ2) is 8.84. The molecule has 0 spiro atoms. The third-order valence-corrected chi connectivity index (χ3v) is 4.54. The second-order valence-corrected chi connectivity index (χ2v) is 8.31. The molecule has 0 unspecified atom stereocenters. The van der Waals surface area contributed by atoms with Crippen LogP contribution in [0.4, 0.5) is 18.0 Å². The Hall–Kier alpha value is -3.83. The molecule has 2 N–H and O–H groups in total. The van der Waals surface area contributed by atoms with Crippen LogP contribution in [0.15, 0.2) is 28.7 Å². The molecule has 0 fully saturated rings. The first-order chi connectivity index (χ1) is 15.7. The first-order valence-corrected chi connectivity index (χ1v) is 10.00. The molecule has 1 atom stereocenters. The number of alkyl halides is 3. The Morgan fingerprint density at radius 2 is 1.79 bits per heavy atom. The number of carbonyl (C=O) groups excluding carboxylic acids is 1. The summed E-state index contributed by atoms with van der Waals surface area (Å²) in [6, 6.07) is 3.86. The number of hydrogen-bond acceptors (Lipinski definition) is 7. The van der Waals surface area contributed by atoms with E-state index in [2.05, 4.69) is 15.3 Å². The Morgan fingerprint density at radius 1 is 1.12 bits per heavy atom. The van der Waals surface area contributed by atoms with Gasteiger partial charge in [0.15, 0.2) is 11.5 Å². The molecule has 1 aromatic carbocycles. The summed E-state index contributed by atoms with van der Waals surface area (Å²) in [6.07, 6.45) is -5.47. The van der Waals surface area contributed by atoms with Crippen LogP contribution in [0.5, 0.6) is 5.75 Å². The number of fused-ring (bicyclic) bond motifs is 1. The van der Waals surface area contributed by atoms with Gasteiger partial charge in [0.2, 0.25) is 5.89 Å². The standard InChI is InChI=1S/C22H22F3N3O6/c1-10(26-20(31)34-21(2,3)4)17-16(19(29)30)28-18(33-17)12-6-8-13(32-5)15-11(12)7-9-14(27-15)22(23,24)25/h6-10H,1-5H3,(H,26,31)(H,29,30)/t10-/m0/s1. The number of nitrogens with one attached hydrogen (secondary N) is 1. The molecule has 3 rings (SSSR count). The highest BCUT2D eigenvalue weighted by Gasteiger charge is 2.33. The molecule has 3 aromatic rings. The van der Waals surface area contributed by atoms with Crippen LogP contribution in [-0.2, 0) is 10.9 Å². The molecule has 0 saturated heterocycles. The number of ether oxygens (including phenoxy) is 2. The molecule has 9 nitrogen and oxygen atoms in total. The second-order valence-electron chi connectivity index (χ2n) is 8.31. The van der Waals surface area contributed by atoms with E-state index in [4.69, 9.17) is 13.9 Å².